The summed E-state index contributed by atoms with van der Waals surface area (Å²) in [5.74, 6) is -0.472. The van der Waals surface area contributed by atoms with Gasteiger partial charge in [0.2, 0.25) is 5.76 Å². The van der Waals surface area contributed by atoms with Crippen molar-refractivity contribution < 1.29 is 18.8 Å². The average Bonchev–Trinajstić information content (AvgIpc) is 3.13. The van der Waals surface area contributed by atoms with Gasteiger partial charge >= 0.3 is 12.0 Å². The number of anilines is 1. The predicted molar refractivity (Wildman–Crippen MR) is 96.9 cm³/mol. The van der Waals surface area contributed by atoms with Gasteiger partial charge in [0.1, 0.15) is 5.69 Å². The zero-order chi connectivity index (χ0) is 18.4. The highest BCUT2D eigenvalue weighted by molar-refractivity contribution is 5.90. The van der Waals surface area contributed by atoms with Crippen molar-refractivity contribution >= 4 is 17.7 Å². The Morgan fingerprint density at radius 1 is 1.19 bits per heavy atom. The lowest BCUT2D eigenvalue weighted by atomic mass is 9.96. The lowest BCUT2D eigenvalue weighted by molar-refractivity contribution is 0.0479. The highest BCUT2D eigenvalue weighted by Crippen LogP contribution is 2.22. The van der Waals surface area contributed by atoms with Crippen LogP contribution in [-0.2, 0) is 4.74 Å². The summed E-state index contributed by atoms with van der Waals surface area (Å²) in [5, 5.41) is 9.73. The van der Waals surface area contributed by atoms with Gasteiger partial charge < -0.3 is 19.9 Å². The smallest absolute Gasteiger partial charge is 0.377 e. The van der Waals surface area contributed by atoms with Gasteiger partial charge in [-0.2, -0.15) is 0 Å². The fourth-order valence-corrected chi connectivity index (χ4v) is 3.03. The second-order valence-electron chi connectivity index (χ2n) is 6.31. The molecule has 0 atom stereocenters. The highest BCUT2D eigenvalue weighted by Gasteiger charge is 2.16. The van der Waals surface area contributed by atoms with E-state index in [1.165, 1.54) is 25.3 Å². The van der Waals surface area contributed by atoms with Crippen LogP contribution in [0, 0.1) is 0 Å². The van der Waals surface area contributed by atoms with Crippen molar-refractivity contribution in [3.8, 4) is 11.3 Å². The molecule has 0 unspecified atom stereocenters. The number of hydrogen-bond acceptors (Lipinski definition) is 5. The third-order valence-electron chi connectivity index (χ3n) is 4.37. The maximum Gasteiger partial charge on any atom is 0.377 e. The molecule has 1 heterocycles. The van der Waals surface area contributed by atoms with E-state index in [4.69, 9.17) is 9.26 Å². The van der Waals surface area contributed by atoms with E-state index in [1.54, 1.807) is 19.1 Å². The fraction of sp³-hybridized carbons (Fsp3) is 0.421. The topological polar surface area (TPSA) is 93.5 Å². The minimum atomic E-state index is -0.538. The number of amides is 2. The zero-order valence-corrected chi connectivity index (χ0v) is 14.8. The van der Waals surface area contributed by atoms with Crippen LogP contribution in [0.25, 0.3) is 11.3 Å². The molecule has 1 aliphatic rings. The Balaban J connectivity index is 1.58. The molecule has 1 aromatic heterocycles. The molecule has 1 saturated carbocycles. The first kappa shape index (κ1) is 18.0. The molecule has 2 N–H and O–H groups in total. The lowest BCUT2D eigenvalue weighted by Gasteiger charge is -2.22. The van der Waals surface area contributed by atoms with Crippen LogP contribution in [-0.4, -0.2) is 29.8 Å². The van der Waals surface area contributed by atoms with Crippen molar-refractivity contribution in [1.82, 2.24) is 10.5 Å². The van der Waals surface area contributed by atoms with Crippen molar-refractivity contribution in [2.24, 2.45) is 0 Å². The second kappa shape index (κ2) is 8.51. The molecule has 0 radical (unpaired) electrons. The molecule has 3 rings (SSSR count). The molecule has 0 saturated heterocycles. The van der Waals surface area contributed by atoms with Crippen LogP contribution in [0.5, 0.6) is 0 Å². The largest absolute Gasteiger partial charge is 0.460 e. The summed E-state index contributed by atoms with van der Waals surface area (Å²) in [6.45, 7) is 2.00. The summed E-state index contributed by atoms with van der Waals surface area (Å²) in [6.07, 6.45) is 5.68. The Bertz CT molecular complexity index is 748. The minimum Gasteiger partial charge on any atom is -0.460 e. The Labute approximate surface area is 152 Å². The Morgan fingerprint density at radius 2 is 1.92 bits per heavy atom. The van der Waals surface area contributed by atoms with E-state index < -0.39 is 5.97 Å². The van der Waals surface area contributed by atoms with E-state index in [2.05, 4.69) is 15.8 Å². The number of urea groups is 1. The van der Waals surface area contributed by atoms with Gasteiger partial charge in [-0.1, -0.05) is 36.6 Å². The molecular weight excluding hydrogens is 334 g/mol. The molecule has 0 spiro atoms. The summed E-state index contributed by atoms with van der Waals surface area (Å²) < 4.78 is 9.88. The maximum absolute atomic E-state index is 12.1. The first-order valence-electron chi connectivity index (χ1n) is 8.97. The van der Waals surface area contributed by atoms with Crippen LogP contribution in [0.4, 0.5) is 10.5 Å². The number of ether oxygens (including phenoxy) is 1. The molecule has 0 aliphatic heterocycles. The Morgan fingerprint density at radius 3 is 2.62 bits per heavy atom. The predicted octanol–water partition coefficient (Wildman–Crippen LogP) is 3.97. The standard InChI is InChI=1S/C19H23N3O4/c1-2-25-18(23)17-12-16(22-26-17)13-8-10-15(11-9-13)21-19(24)20-14-6-4-3-5-7-14/h8-12,14H,2-7H2,1H3,(H2,20,21,24). The van der Waals surface area contributed by atoms with Crippen LogP contribution in [0.1, 0.15) is 49.6 Å². The van der Waals surface area contributed by atoms with E-state index in [9.17, 15) is 9.59 Å². The second-order valence-corrected chi connectivity index (χ2v) is 6.31. The van der Waals surface area contributed by atoms with Gasteiger partial charge in [0.15, 0.2) is 0 Å². The van der Waals surface area contributed by atoms with Gasteiger partial charge in [0.05, 0.1) is 6.61 Å². The summed E-state index contributed by atoms with van der Waals surface area (Å²) in [5.41, 5.74) is 2.00. The normalized spacial score (nSPS) is 14.7. The number of benzene rings is 1. The Kier molecular flexibility index (Phi) is 5.88. The first-order valence-corrected chi connectivity index (χ1v) is 8.97. The first-order chi connectivity index (χ1) is 12.7. The number of hydrogen-bond donors (Lipinski definition) is 2. The van der Waals surface area contributed by atoms with E-state index in [0.29, 0.717) is 11.4 Å². The van der Waals surface area contributed by atoms with Gasteiger partial charge in [-0.15, -0.1) is 0 Å². The van der Waals surface area contributed by atoms with E-state index in [1.807, 2.05) is 12.1 Å². The number of nitrogens with one attached hydrogen (secondary N) is 2. The fourth-order valence-electron chi connectivity index (χ4n) is 3.03. The third kappa shape index (κ3) is 4.62. The number of esters is 1. The molecule has 1 aromatic carbocycles. The summed E-state index contributed by atoms with van der Waals surface area (Å²) in [4.78, 5) is 23.7. The van der Waals surface area contributed by atoms with Crippen molar-refractivity contribution in [3.63, 3.8) is 0 Å². The number of rotatable bonds is 5. The summed E-state index contributed by atoms with van der Waals surface area (Å²) >= 11 is 0. The summed E-state index contributed by atoms with van der Waals surface area (Å²) in [7, 11) is 0. The Hall–Kier alpha value is -2.83. The van der Waals surface area contributed by atoms with Gasteiger partial charge in [0.25, 0.3) is 0 Å². The number of carbonyl (C=O) groups excluding carboxylic acids is 2. The summed E-state index contributed by atoms with van der Waals surface area (Å²) in [6, 6.07) is 8.81. The van der Waals surface area contributed by atoms with Gasteiger partial charge in [-0.25, -0.2) is 9.59 Å². The van der Waals surface area contributed by atoms with E-state index in [0.717, 1.165) is 18.4 Å². The van der Waals surface area contributed by atoms with Crippen LogP contribution in [0.2, 0.25) is 0 Å². The molecule has 2 amide bonds. The quantitative estimate of drug-likeness (QED) is 0.790. The van der Waals surface area contributed by atoms with Gasteiger partial charge in [0, 0.05) is 23.4 Å². The van der Waals surface area contributed by atoms with Crippen molar-refractivity contribution in [1.29, 1.82) is 0 Å². The molecule has 7 nitrogen and oxygen atoms in total. The zero-order valence-electron chi connectivity index (χ0n) is 14.8. The van der Waals surface area contributed by atoms with Crippen LogP contribution in [0.15, 0.2) is 34.9 Å². The number of nitrogens with zero attached hydrogens (tertiary/aromatic N) is 1. The van der Waals surface area contributed by atoms with Crippen LogP contribution >= 0.6 is 0 Å². The van der Waals surface area contributed by atoms with Crippen LogP contribution in [0.3, 0.4) is 0 Å². The lowest BCUT2D eigenvalue weighted by Crippen LogP contribution is -2.38. The SMILES string of the molecule is CCOC(=O)c1cc(-c2ccc(NC(=O)NC3CCCCC3)cc2)no1. The highest BCUT2D eigenvalue weighted by atomic mass is 16.6. The van der Waals surface area contributed by atoms with E-state index >= 15 is 0 Å². The molecule has 138 valence electrons. The van der Waals surface area contributed by atoms with Gasteiger partial charge in [-0.3, -0.25) is 0 Å². The molecular formula is C19H23N3O4. The molecule has 1 aliphatic carbocycles. The van der Waals surface area contributed by atoms with Gasteiger partial charge in [-0.05, 0) is 31.9 Å². The monoisotopic (exact) mass is 357 g/mol. The molecule has 0 bridgehead atoms. The number of aromatic nitrogens is 1. The third-order valence-corrected chi connectivity index (χ3v) is 4.37. The molecule has 2 aromatic rings. The molecule has 26 heavy (non-hydrogen) atoms. The average molecular weight is 357 g/mol. The minimum absolute atomic E-state index is 0.0657. The van der Waals surface area contributed by atoms with E-state index in [-0.39, 0.29) is 24.4 Å². The maximum atomic E-state index is 12.1. The molecule has 1 fully saturated rings. The number of carbonyl (C=O) groups is 2. The van der Waals surface area contributed by atoms with Crippen molar-refractivity contribution in [3.05, 3.63) is 36.1 Å². The van der Waals surface area contributed by atoms with Crippen LogP contribution < -0.4 is 10.6 Å². The van der Waals surface area contributed by atoms with Crippen molar-refractivity contribution in [2.75, 3.05) is 11.9 Å². The van der Waals surface area contributed by atoms with Crippen molar-refractivity contribution in [2.45, 2.75) is 45.1 Å². The molecule has 7 heteroatoms.